The number of hydrogen-bond donors (Lipinski definition) is 2. The van der Waals surface area contributed by atoms with E-state index in [0.717, 1.165) is 32.1 Å². The Morgan fingerprint density at radius 1 is 1.19 bits per heavy atom. The normalized spacial score (nSPS) is 17.4. The summed E-state index contributed by atoms with van der Waals surface area (Å²) >= 11 is 0. The highest BCUT2D eigenvalue weighted by molar-refractivity contribution is 5.76. The number of nitrogens with zero attached hydrogens (tertiary/aromatic N) is 1. The van der Waals surface area contributed by atoms with Crippen LogP contribution in [0.5, 0.6) is 5.75 Å². The minimum Gasteiger partial charge on any atom is -0.508 e. The number of phenolic OH excluding ortho intramolecular Hbond substituents is 1. The van der Waals surface area contributed by atoms with Crippen LogP contribution in [0.3, 0.4) is 0 Å². The summed E-state index contributed by atoms with van der Waals surface area (Å²) in [5.74, 6) is 0.418. The van der Waals surface area contributed by atoms with Crippen LogP contribution < -0.4 is 5.32 Å². The Balaban J connectivity index is 1.55. The maximum absolute atomic E-state index is 12.6. The molecule has 2 unspecified atom stereocenters. The molecule has 0 aromatic heterocycles. The first-order valence-corrected chi connectivity index (χ1v) is 9.84. The quantitative estimate of drug-likeness (QED) is 0.783. The van der Waals surface area contributed by atoms with Gasteiger partial charge in [-0.05, 0) is 75.0 Å². The van der Waals surface area contributed by atoms with E-state index in [1.165, 1.54) is 16.7 Å². The lowest BCUT2D eigenvalue weighted by molar-refractivity contribution is -0.122. The van der Waals surface area contributed by atoms with Crippen molar-refractivity contribution in [2.45, 2.75) is 50.6 Å². The Hall–Kier alpha value is -2.33. The van der Waals surface area contributed by atoms with Gasteiger partial charge in [-0.3, -0.25) is 4.79 Å². The van der Waals surface area contributed by atoms with Gasteiger partial charge >= 0.3 is 0 Å². The van der Waals surface area contributed by atoms with Gasteiger partial charge in [-0.2, -0.15) is 0 Å². The molecule has 0 fully saturated rings. The third-order valence-corrected chi connectivity index (χ3v) is 5.55. The summed E-state index contributed by atoms with van der Waals surface area (Å²) in [6, 6.07) is 16.2. The molecule has 0 bridgehead atoms. The lowest BCUT2D eigenvalue weighted by Gasteiger charge is -2.27. The lowest BCUT2D eigenvalue weighted by Crippen LogP contribution is -2.34. The molecule has 144 valence electrons. The zero-order valence-electron chi connectivity index (χ0n) is 16.3. The van der Waals surface area contributed by atoms with Gasteiger partial charge in [-0.15, -0.1) is 0 Å². The summed E-state index contributed by atoms with van der Waals surface area (Å²) in [6.07, 6.45) is 5.47. The largest absolute Gasteiger partial charge is 0.508 e. The molecule has 0 spiro atoms. The smallest absolute Gasteiger partial charge is 0.220 e. The number of aromatic hydroxyl groups is 1. The number of rotatable bonds is 7. The average Bonchev–Trinajstić information content (AvgIpc) is 2.66. The Morgan fingerprint density at radius 3 is 2.67 bits per heavy atom. The third kappa shape index (κ3) is 5.33. The van der Waals surface area contributed by atoms with E-state index in [1.807, 2.05) is 12.1 Å². The molecule has 4 heteroatoms. The maximum atomic E-state index is 12.6. The second kappa shape index (κ2) is 9.05. The standard InChI is InChI=1S/C23H30N2O2/c1-25(2)19(16-17-10-13-20(26)14-11-17)12-15-23(27)24-22-9-5-7-18-6-3-4-8-21(18)22/h3-4,6,8,10-11,13-14,19,22,26H,5,7,9,12,15-16H2,1-2H3,(H,24,27). The van der Waals surface area contributed by atoms with Crippen molar-refractivity contribution in [1.29, 1.82) is 0 Å². The first kappa shape index (κ1) is 19.4. The summed E-state index contributed by atoms with van der Waals surface area (Å²) in [4.78, 5) is 14.8. The molecule has 0 heterocycles. The fourth-order valence-electron chi connectivity index (χ4n) is 3.92. The summed E-state index contributed by atoms with van der Waals surface area (Å²) < 4.78 is 0. The van der Waals surface area contributed by atoms with Gasteiger partial charge < -0.3 is 15.3 Å². The van der Waals surface area contributed by atoms with Gasteiger partial charge in [0.05, 0.1) is 6.04 Å². The van der Waals surface area contributed by atoms with Gasteiger partial charge in [-0.1, -0.05) is 36.4 Å². The molecule has 2 aromatic rings. The van der Waals surface area contributed by atoms with E-state index >= 15 is 0 Å². The molecular weight excluding hydrogens is 336 g/mol. The van der Waals surface area contributed by atoms with E-state index in [9.17, 15) is 9.90 Å². The van der Waals surface area contributed by atoms with Crippen LogP contribution >= 0.6 is 0 Å². The number of phenols is 1. The van der Waals surface area contributed by atoms with Crippen molar-refractivity contribution in [3.63, 3.8) is 0 Å². The van der Waals surface area contributed by atoms with Crippen LogP contribution in [0.4, 0.5) is 0 Å². The van der Waals surface area contributed by atoms with Gasteiger partial charge in [0.25, 0.3) is 0 Å². The molecular formula is C23H30N2O2. The predicted molar refractivity (Wildman–Crippen MR) is 109 cm³/mol. The van der Waals surface area contributed by atoms with Crippen molar-refractivity contribution in [2.24, 2.45) is 0 Å². The minimum absolute atomic E-state index is 0.134. The highest BCUT2D eigenvalue weighted by Crippen LogP contribution is 2.29. The summed E-state index contributed by atoms with van der Waals surface area (Å²) in [5, 5.41) is 12.7. The number of carbonyl (C=O) groups is 1. The van der Waals surface area contributed by atoms with Crippen LogP contribution in [0.1, 0.15) is 48.4 Å². The first-order valence-electron chi connectivity index (χ1n) is 9.84. The predicted octanol–water partition coefficient (Wildman–Crippen LogP) is 3.84. The summed E-state index contributed by atoms with van der Waals surface area (Å²) in [6.45, 7) is 0. The van der Waals surface area contributed by atoms with Crippen LogP contribution in [0.25, 0.3) is 0 Å². The molecule has 2 N–H and O–H groups in total. The van der Waals surface area contributed by atoms with Crippen LogP contribution in [0.15, 0.2) is 48.5 Å². The van der Waals surface area contributed by atoms with Gasteiger partial charge in [0, 0.05) is 12.5 Å². The zero-order valence-corrected chi connectivity index (χ0v) is 16.3. The number of likely N-dealkylation sites (N-methyl/N-ethyl adjacent to an activating group) is 1. The van der Waals surface area contributed by atoms with E-state index in [-0.39, 0.29) is 17.7 Å². The number of carbonyl (C=O) groups excluding carboxylic acids is 1. The average molecular weight is 367 g/mol. The van der Waals surface area contributed by atoms with Crippen LogP contribution in [0.2, 0.25) is 0 Å². The Kier molecular flexibility index (Phi) is 6.51. The molecule has 1 aliphatic rings. The molecule has 0 radical (unpaired) electrons. The van der Waals surface area contributed by atoms with Gasteiger partial charge in [0.15, 0.2) is 0 Å². The first-order chi connectivity index (χ1) is 13.0. The van der Waals surface area contributed by atoms with E-state index in [4.69, 9.17) is 0 Å². The van der Waals surface area contributed by atoms with Crippen LogP contribution in [-0.4, -0.2) is 36.1 Å². The zero-order chi connectivity index (χ0) is 19.2. The molecule has 1 aliphatic carbocycles. The van der Waals surface area contributed by atoms with Crippen molar-refractivity contribution >= 4 is 5.91 Å². The fourth-order valence-corrected chi connectivity index (χ4v) is 3.92. The summed E-state index contributed by atoms with van der Waals surface area (Å²) in [5.41, 5.74) is 3.83. The molecule has 2 atom stereocenters. The van der Waals surface area contributed by atoms with Crippen LogP contribution in [0, 0.1) is 0 Å². The molecule has 3 rings (SSSR count). The van der Waals surface area contributed by atoms with Crippen molar-refractivity contribution < 1.29 is 9.90 Å². The van der Waals surface area contributed by atoms with E-state index < -0.39 is 0 Å². The molecule has 0 saturated carbocycles. The SMILES string of the molecule is CN(C)C(CCC(=O)NC1CCCc2ccccc21)Cc1ccc(O)cc1. The molecule has 0 aliphatic heterocycles. The number of aryl methyl sites for hydroxylation is 1. The fraction of sp³-hybridized carbons (Fsp3) is 0.435. The Labute approximate surface area is 162 Å². The second-order valence-corrected chi connectivity index (χ2v) is 7.74. The van der Waals surface area contributed by atoms with Crippen LogP contribution in [-0.2, 0) is 17.6 Å². The van der Waals surface area contributed by atoms with Crippen molar-refractivity contribution in [3.05, 3.63) is 65.2 Å². The maximum Gasteiger partial charge on any atom is 0.220 e. The number of nitrogens with one attached hydrogen (secondary N) is 1. The minimum atomic E-state index is 0.134. The summed E-state index contributed by atoms with van der Waals surface area (Å²) in [7, 11) is 4.11. The van der Waals surface area contributed by atoms with E-state index in [0.29, 0.717) is 12.5 Å². The molecule has 0 saturated heterocycles. The molecule has 2 aromatic carbocycles. The monoisotopic (exact) mass is 366 g/mol. The topological polar surface area (TPSA) is 52.6 Å². The number of amides is 1. The van der Waals surface area contributed by atoms with E-state index in [2.05, 4.69) is 48.6 Å². The van der Waals surface area contributed by atoms with E-state index in [1.54, 1.807) is 12.1 Å². The van der Waals surface area contributed by atoms with Gasteiger partial charge in [0.1, 0.15) is 5.75 Å². The Morgan fingerprint density at radius 2 is 1.93 bits per heavy atom. The molecule has 27 heavy (non-hydrogen) atoms. The molecule has 4 nitrogen and oxygen atoms in total. The van der Waals surface area contributed by atoms with Crippen molar-refractivity contribution in [1.82, 2.24) is 10.2 Å². The Bertz CT molecular complexity index is 755. The van der Waals surface area contributed by atoms with Gasteiger partial charge in [0.2, 0.25) is 5.91 Å². The number of hydrogen-bond acceptors (Lipinski definition) is 3. The lowest BCUT2D eigenvalue weighted by atomic mass is 9.87. The van der Waals surface area contributed by atoms with Crippen molar-refractivity contribution in [2.75, 3.05) is 14.1 Å². The third-order valence-electron chi connectivity index (χ3n) is 5.55. The highest BCUT2D eigenvalue weighted by atomic mass is 16.3. The highest BCUT2D eigenvalue weighted by Gasteiger charge is 2.22. The number of benzene rings is 2. The van der Waals surface area contributed by atoms with Crippen molar-refractivity contribution in [3.8, 4) is 5.75 Å². The van der Waals surface area contributed by atoms with Gasteiger partial charge in [-0.25, -0.2) is 0 Å². The molecule has 1 amide bonds. The number of fused-ring (bicyclic) bond motifs is 1. The second-order valence-electron chi connectivity index (χ2n) is 7.74.